The largest absolute Gasteiger partial charge is 0.308 e. The van der Waals surface area contributed by atoms with Crippen LogP contribution in [-0.4, -0.2) is 15.4 Å². The molecule has 1 N–H and O–H groups in total. The van der Waals surface area contributed by atoms with E-state index in [2.05, 4.69) is 10.3 Å². The number of hydrogen-bond acceptors (Lipinski definition) is 2. The van der Waals surface area contributed by atoms with E-state index in [9.17, 15) is 0 Å². The quantitative estimate of drug-likeness (QED) is 0.917. The molecule has 0 unspecified atom stereocenters. The zero-order valence-electron chi connectivity index (χ0n) is 8.69. The van der Waals surface area contributed by atoms with E-state index >= 15 is 0 Å². The Bertz CT molecular complexity index is 491. The van der Waals surface area contributed by atoms with E-state index in [1.165, 1.54) is 12.8 Å². The molecule has 2 aromatic heterocycles. The normalized spacial score (nSPS) is 15.1. The van der Waals surface area contributed by atoms with E-state index in [1.54, 1.807) is 0 Å². The SMILES string of the molecule is Cl.Clc1nc2ccccn2c1CNC1CC1. The molecule has 86 valence electrons. The van der Waals surface area contributed by atoms with E-state index in [1.807, 2.05) is 28.8 Å². The van der Waals surface area contributed by atoms with Crippen LogP contribution in [0.1, 0.15) is 18.5 Å². The van der Waals surface area contributed by atoms with Crippen LogP contribution in [0.2, 0.25) is 5.15 Å². The van der Waals surface area contributed by atoms with Crippen LogP contribution in [0.5, 0.6) is 0 Å². The van der Waals surface area contributed by atoms with Gasteiger partial charge in [-0.15, -0.1) is 12.4 Å². The highest BCUT2D eigenvalue weighted by molar-refractivity contribution is 6.30. The van der Waals surface area contributed by atoms with E-state index in [-0.39, 0.29) is 12.4 Å². The Kier molecular flexibility index (Phi) is 3.38. The number of nitrogens with one attached hydrogen (secondary N) is 1. The molecule has 5 heteroatoms. The second-order valence-electron chi connectivity index (χ2n) is 3.93. The van der Waals surface area contributed by atoms with Gasteiger partial charge >= 0.3 is 0 Å². The number of pyridine rings is 1. The molecule has 2 aromatic rings. The fourth-order valence-electron chi connectivity index (χ4n) is 1.70. The summed E-state index contributed by atoms with van der Waals surface area (Å²) in [4.78, 5) is 4.30. The van der Waals surface area contributed by atoms with E-state index in [4.69, 9.17) is 11.6 Å². The van der Waals surface area contributed by atoms with Gasteiger partial charge in [0.1, 0.15) is 5.65 Å². The molecule has 1 aliphatic rings. The fraction of sp³-hybridized carbons (Fsp3) is 0.364. The van der Waals surface area contributed by atoms with Crippen LogP contribution in [-0.2, 0) is 6.54 Å². The summed E-state index contributed by atoms with van der Waals surface area (Å²) in [7, 11) is 0. The second kappa shape index (κ2) is 4.62. The first kappa shape index (κ1) is 11.7. The fourth-order valence-corrected chi connectivity index (χ4v) is 1.95. The molecule has 3 rings (SSSR count). The molecular formula is C11H13Cl2N3. The molecule has 0 bridgehead atoms. The molecule has 3 nitrogen and oxygen atoms in total. The minimum Gasteiger partial charge on any atom is -0.308 e. The third-order valence-corrected chi connectivity index (χ3v) is 3.02. The van der Waals surface area contributed by atoms with Crippen LogP contribution in [0.4, 0.5) is 0 Å². The second-order valence-corrected chi connectivity index (χ2v) is 4.29. The van der Waals surface area contributed by atoms with Crippen molar-refractivity contribution < 1.29 is 0 Å². The highest BCUT2D eigenvalue weighted by Gasteiger charge is 2.21. The van der Waals surface area contributed by atoms with Crippen LogP contribution in [0, 0.1) is 0 Å². The average molecular weight is 258 g/mol. The topological polar surface area (TPSA) is 29.3 Å². The summed E-state index contributed by atoms with van der Waals surface area (Å²) in [5.74, 6) is 0. The first-order chi connectivity index (χ1) is 7.34. The molecule has 0 saturated heterocycles. The van der Waals surface area contributed by atoms with E-state index in [0.29, 0.717) is 11.2 Å². The summed E-state index contributed by atoms with van der Waals surface area (Å²) in [5, 5.41) is 4.05. The van der Waals surface area contributed by atoms with Crippen molar-refractivity contribution in [1.29, 1.82) is 0 Å². The summed E-state index contributed by atoms with van der Waals surface area (Å²) < 4.78 is 2.04. The van der Waals surface area contributed by atoms with Crippen molar-refractivity contribution in [3.05, 3.63) is 35.2 Å². The molecular weight excluding hydrogens is 245 g/mol. The average Bonchev–Trinajstić information content (AvgIpc) is 3.00. The van der Waals surface area contributed by atoms with Gasteiger partial charge in [0, 0.05) is 18.8 Å². The van der Waals surface area contributed by atoms with Gasteiger partial charge in [0.25, 0.3) is 0 Å². The van der Waals surface area contributed by atoms with Gasteiger partial charge in [0.2, 0.25) is 0 Å². The zero-order valence-corrected chi connectivity index (χ0v) is 10.3. The standard InChI is InChI=1S/C11H12ClN3.ClH/c12-11-9(7-13-8-4-5-8)15-6-2-1-3-10(15)14-11;/h1-3,6,8,13H,4-5,7H2;1H. The minimum atomic E-state index is 0. The molecule has 0 aromatic carbocycles. The van der Waals surface area contributed by atoms with Crippen LogP contribution in [0.25, 0.3) is 5.65 Å². The molecule has 1 aliphatic carbocycles. The van der Waals surface area contributed by atoms with Gasteiger partial charge in [-0.3, -0.25) is 0 Å². The van der Waals surface area contributed by atoms with Crippen LogP contribution >= 0.6 is 24.0 Å². The molecule has 0 amide bonds. The predicted molar refractivity (Wildman–Crippen MR) is 67.3 cm³/mol. The lowest BCUT2D eigenvalue weighted by Gasteiger charge is -2.03. The lowest BCUT2D eigenvalue weighted by molar-refractivity contribution is 0.670. The van der Waals surface area contributed by atoms with Gasteiger partial charge in [-0.05, 0) is 25.0 Å². The number of rotatable bonds is 3. The lowest BCUT2D eigenvalue weighted by atomic mass is 10.4. The Hall–Kier alpha value is -0.770. The van der Waals surface area contributed by atoms with Crippen molar-refractivity contribution in [2.24, 2.45) is 0 Å². The summed E-state index contributed by atoms with van der Waals surface area (Å²) in [6.07, 6.45) is 4.57. The Morgan fingerprint density at radius 3 is 3.00 bits per heavy atom. The van der Waals surface area contributed by atoms with Crippen LogP contribution in [0.15, 0.2) is 24.4 Å². The number of aromatic nitrogens is 2. The predicted octanol–water partition coefficient (Wildman–Crippen LogP) is 2.66. The molecule has 0 spiro atoms. The number of fused-ring (bicyclic) bond motifs is 1. The Balaban J connectivity index is 0.000000963. The Morgan fingerprint density at radius 1 is 1.44 bits per heavy atom. The number of imidazole rings is 1. The van der Waals surface area contributed by atoms with Crippen molar-refractivity contribution in [3.63, 3.8) is 0 Å². The first-order valence-electron chi connectivity index (χ1n) is 5.19. The molecule has 0 aliphatic heterocycles. The van der Waals surface area contributed by atoms with E-state index < -0.39 is 0 Å². The van der Waals surface area contributed by atoms with Gasteiger partial charge in [-0.25, -0.2) is 4.98 Å². The number of nitrogens with zero attached hydrogens (tertiary/aromatic N) is 2. The maximum atomic E-state index is 6.10. The highest BCUT2D eigenvalue weighted by Crippen LogP contribution is 2.22. The third kappa shape index (κ3) is 2.17. The lowest BCUT2D eigenvalue weighted by Crippen LogP contribution is -2.16. The Labute approximate surface area is 105 Å². The molecule has 2 heterocycles. The van der Waals surface area contributed by atoms with Crippen LogP contribution < -0.4 is 5.32 Å². The monoisotopic (exact) mass is 257 g/mol. The smallest absolute Gasteiger partial charge is 0.152 e. The van der Waals surface area contributed by atoms with Gasteiger partial charge in [-0.2, -0.15) is 0 Å². The Morgan fingerprint density at radius 2 is 2.25 bits per heavy atom. The minimum absolute atomic E-state index is 0. The maximum absolute atomic E-state index is 6.10. The van der Waals surface area contributed by atoms with Crippen molar-refractivity contribution >= 4 is 29.7 Å². The number of halogens is 2. The first-order valence-corrected chi connectivity index (χ1v) is 5.57. The maximum Gasteiger partial charge on any atom is 0.152 e. The molecule has 1 saturated carbocycles. The van der Waals surface area contributed by atoms with Crippen LogP contribution in [0.3, 0.4) is 0 Å². The summed E-state index contributed by atoms with van der Waals surface area (Å²) in [6, 6.07) is 6.62. The summed E-state index contributed by atoms with van der Waals surface area (Å²) >= 11 is 6.10. The van der Waals surface area contributed by atoms with Crippen molar-refractivity contribution in [1.82, 2.24) is 14.7 Å². The molecule has 0 atom stereocenters. The summed E-state index contributed by atoms with van der Waals surface area (Å²) in [6.45, 7) is 0.800. The van der Waals surface area contributed by atoms with Gasteiger partial charge in [-0.1, -0.05) is 17.7 Å². The highest BCUT2D eigenvalue weighted by atomic mass is 35.5. The molecule has 0 radical (unpaired) electrons. The van der Waals surface area contributed by atoms with Gasteiger partial charge < -0.3 is 9.72 Å². The molecule has 1 fully saturated rings. The van der Waals surface area contributed by atoms with E-state index in [0.717, 1.165) is 17.9 Å². The summed E-state index contributed by atoms with van der Waals surface area (Å²) in [5.41, 5.74) is 1.97. The molecule has 16 heavy (non-hydrogen) atoms. The van der Waals surface area contributed by atoms with Gasteiger partial charge in [0.05, 0.1) is 5.69 Å². The number of hydrogen-bond donors (Lipinski definition) is 1. The third-order valence-electron chi connectivity index (χ3n) is 2.72. The zero-order chi connectivity index (χ0) is 10.3. The van der Waals surface area contributed by atoms with Crippen molar-refractivity contribution in [2.45, 2.75) is 25.4 Å². The van der Waals surface area contributed by atoms with Crippen molar-refractivity contribution in [3.8, 4) is 0 Å². The van der Waals surface area contributed by atoms with Gasteiger partial charge in [0.15, 0.2) is 5.15 Å². The van der Waals surface area contributed by atoms with Crippen molar-refractivity contribution in [2.75, 3.05) is 0 Å².